The van der Waals surface area contributed by atoms with Crippen LogP contribution in [0.1, 0.15) is 33.3 Å². The Morgan fingerprint density at radius 1 is 1.45 bits per heavy atom. The summed E-state index contributed by atoms with van der Waals surface area (Å²) in [5.74, 6) is -0.762. The molecule has 0 spiro atoms. The van der Waals surface area contributed by atoms with Gasteiger partial charge >= 0.3 is 12.1 Å². The first-order chi connectivity index (χ1) is 9.36. The fourth-order valence-corrected chi connectivity index (χ4v) is 1.67. The maximum atomic E-state index is 12.7. The van der Waals surface area contributed by atoms with E-state index in [0.717, 1.165) is 16.8 Å². The quantitative estimate of drug-likeness (QED) is 0.642. The van der Waals surface area contributed by atoms with Gasteiger partial charge in [0, 0.05) is 12.4 Å². The molecule has 5 nitrogen and oxygen atoms in total. The SMILES string of the molecule is CCOC(=O)c1cn2cc(C(F)(F)F)cc(C=O)c2n1. The largest absolute Gasteiger partial charge is 0.461 e. The predicted octanol–water partition coefficient (Wildman–Crippen LogP) is 2.34. The van der Waals surface area contributed by atoms with E-state index < -0.39 is 17.7 Å². The average molecular weight is 286 g/mol. The summed E-state index contributed by atoms with van der Waals surface area (Å²) in [5.41, 5.74) is -1.44. The zero-order chi connectivity index (χ0) is 14.9. The molecule has 2 aromatic rings. The fraction of sp³-hybridized carbons (Fsp3) is 0.250. The number of aromatic nitrogens is 2. The number of alkyl halides is 3. The Balaban J connectivity index is 2.61. The number of esters is 1. The molecular formula is C12H9F3N2O3. The summed E-state index contributed by atoms with van der Waals surface area (Å²) in [6, 6.07) is 0.685. The van der Waals surface area contributed by atoms with Crippen LogP contribution < -0.4 is 0 Å². The van der Waals surface area contributed by atoms with E-state index in [1.807, 2.05) is 0 Å². The van der Waals surface area contributed by atoms with Crippen LogP contribution in [0.4, 0.5) is 13.2 Å². The van der Waals surface area contributed by atoms with Gasteiger partial charge in [0.2, 0.25) is 0 Å². The van der Waals surface area contributed by atoms with Crippen LogP contribution >= 0.6 is 0 Å². The van der Waals surface area contributed by atoms with E-state index in [4.69, 9.17) is 4.74 Å². The third kappa shape index (κ3) is 2.49. The predicted molar refractivity (Wildman–Crippen MR) is 61.5 cm³/mol. The molecule has 8 heteroatoms. The minimum absolute atomic E-state index is 0.0314. The molecule has 2 aromatic heterocycles. The number of halogens is 3. The molecule has 0 saturated carbocycles. The lowest BCUT2D eigenvalue weighted by atomic mass is 10.2. The highest BCUT2D eigenvalue weighted by atomic mass is 19.4. The third-order valence-electron chi connectivity index (χ3n) is 2.52. The van der Waals surface area contributed by atoms with Crippen molar-refractivity contribution >= 4 is 17.9 Å². The Hall–Kier alpha value is -2.38. The van der Waals surface area contributed by atoms with Crippen molar-refractivity contribution in [2.75, 3.05) is 6.61 Å². The number of ether oxygens (including phenoxy) is 1. The van der Waals surface area contributed by atoms with Gasteiger partial charge in [-0.2, -0.15) is 13.2 Å². The maximum absolute atomic E-state index is 12.7. The van der Waals surface area contributed by atoms with Gasteiger partial charge in [-0.25, -0.2) is 9.78 Å². The number of rotatable bonds is 3. The molecule has 0 aliphatic carbocycles. The number of fused-ring (bicyclic) bond motifs is 1. The van der Waals surface area contributed by atoms with Crippen LogP contribution in [0.25, 0.3) is 5.65 Å². The van der Waals surface area contributed by atoms with Crippen LogP contribution in [-0.4, -0.2) is 28.2 Å². The molecule has 20 heavy (non-hydrogen) atoms. The Kier molecular flexibility index (Phi) is 3.47. The molecule has 0 N–H and O–H groups in total. The van der Waals surface area contributed by atoms with Crippen molar-refractivity contribution in [3.63, 3.8) is 0 Å². The molecule has 2 rings (SSSR count). The van der Waals surface area contributed by atoms with E-state index in [2.05, 4.69) is 4.98 Å². The first kappa shape index (κ1) is 14.0. The number of nitrogens with zero attached hydrogens (tertiary/aromatic N) is 2. The van der Waals surface area contributed by atoms with Crippen LogP contribution in [0.2, 0.25) is 0 Å². The van der Waals surface area contributed by atoms with Crippen molar-refractivity contribution < 1.29 is 27.5 Å². The summed E-state index contributed by atoms with van der Waals surface area (Å²) in [6.07, 6.45) is -2.49. The molecule has 0 aliphatic heterocycles. The van der Waals surface area contributed by atoms with E-state index >= 15 is 0 Å². The highest BCUT2D eigenvalue weighted by Crippen LogP contribution is 2.30. The molecule has 0 unspecified atom stereocenters. The van der Waals surface area contributed by atoms with Gasteiger partial charge in [-0.3, -0.25) is 4.79 Å². The molecular weight excluding hydrogens is 277 g/mol. The second kappa shape index (κ2) is 4.95. The van der Waals surface area contributed by atoms with Crippen LogP contribution in [0.3, 0.4) is 0 Å². The fourth-order valence-electron chi connectivity index (χ4n) is 1.67. The van der Waals surface area contributed by atoms with Crippen LogP contribution in [0, 0.1) is 0 Å². The number of hydrogen-bond donors (Lipinski definition) is 0. The van der Waals surface area contributed by atoms with Gasteiger partial charge in [-0.1, -0.05) is 0 Å². The summed E-state index contributed by atoms with van der Waals surface area (Å²) in [6.45, 7) is 1.70. The molecule has 0 saturated heterocycles. The van der Waals surface area contributed by atoms with Crippen molar-refractivity contribution in [1.82, 2.24) is 9.38 Å². The molecule has 0 aromatic carbocycles. The summed E-state index contributed by atoms with van der Waals surface area (Å²) in [5, 5.41) is 0. The third-order valence-corrected chi connectivity index (χ3v) is 2.52. The van der Waals surface area contributed by atoms with E-state index in [1.165, 1.54) is 0 Å². The molecule has 0 atom stereocenters. The summed E-state index contributed by atoms with van der Waals surface area (Å²) in [7, 11) is 0. The zero-order valence-electron chi connectivity index (χ0n) is 10.3. The Labute approximate surface area is 111 Å². The van der Waals surface area contributed by atoms with Gasteiger partial charge in [-0.15, -0.1) is 0 Å². The molecule has 2 heterocycles. The first-order valence-electron chi connectivity index (χ1n) is 5.59. The summed E-state index contributed by atoms with van der Waals surface area (Å²) >= 11 is 0. The highest BCUT2D eigenvalue weighted by molar-refractivity contribution is 5.90. The van der Waals surface area contributed by atoms with Gasteiger partial charge in [0.25, 0.3) is 0 Å². The van der Waals surface area contributed by atoms with Crippen LogP contribution in [0.15, 0.2) is 18.5 Å². The lowest BCUT2D eigenvalue weighted by Gasteiger charge is -2.07. The maximum Gasteiger partial charge on any atom is 0.417 e. The highest BCUT2D eigenvalue weighted by Gasteiger charge is 2.32. The van der Waals surface area contributed by atoms with Crippen molar-refractivity contribution in [3.8, 4) is 0 Å². The van der Waals surface area contributed by atoms with E-state index in [1.54, 1.807) is 6.92 Å². The van der Waals surface area contributed by atoms with Crippen molar-refractivity contribution in [1.29, 1.82) is 0 Å². The minimum atomic E-state index is -4.60. The van der Waals surface area contributed by atoms with Crippen molar-refractivity contribution in [2.45, 2.75) is 13.1 Å². The number of carbonyl (C=O) groups is 2. The van der Waals surface area contributed by atoms with Crippen LogP contribution in [0.5, 0.6) is 0 Å². The zero-order valence-corrected chi connectivity index (χ0v) is 10.3. The monoisotopic (exact) mass is 286 g/mol. The Bertz CT molecular complexity index is 676. The number of carbonyl (C=O) groups excluding carboxylic acids is 2. The molecule has 0 fully saturated rings. The normalized spacial score (nSPS) is 11.6. The van der Waals surface area contributed by atoms with Crippen LogP contribution in [-0.2, 0) is 10.9 Å². The standard InChI is InChI=1S/C12H9F3N2O3/c1-2-20-11(19)9-5-17-4-8(12(13,14)15)3-7(6-18)10(17)16-9/h3-6H,2H2,1H3. The van der Waals surface area contributed by atoms with Crippen molar-refractivity contribution in [3.05, 3.63) is 35.3 Å². The molecule has 0 amide bonds. The average Bonchev–Trinajstić information content (AvgIpc) is 2.80. The molecule has 0 aliphatic rings. The smallest absolute Gasteiger partial charge is 0.417 e. The van der Waals surface area contributed by atoms with Gasteiger partial charge < -0.3 is 9.14 Å². The van der Waals surface area contributed by atoms with Gasteiger partial charge in [0.1, 0.15) is 5.65 Å². The molecule has 106 valence electrons. The minimum Gasteiger partial charge on any atom is -0.461 e. The summed E-state index contributed by atoms with van der Waals surface area (Å²) < 4.78 is 43.7. The van der Waals surface area contributed by atoms with Gasteiger partial charge in [0.05, 0.1) is 17.7 Å². The van der Waals surface area contributed by atoms with E-state index in [-0.39, 0.29) is 29.8 Å². The number of imidazole rings is 1. The summed E-state index contributed by atoms with van der Waals surface area (Å²) in [4.78, 5) is 26.2. The topological polar surface area (TPSA) is 60.7 Å². The van der Waals surface area contributed by atoms with Crippen molar-refractivity contribution in [2.24, 2.45) is 0 Å². The lowest BCUT2D eigenvalue weighted by Crippen LogP contribution is -2.07. The van der Waals surface area contributed by atoms with E-state index in [0.29, 0.717) is 6.07 Å². The Morgan fingerprint density at radius 3 is 2.70 bits per heavy atom. The van der Waals surface area contributed by atoms with Gasteiger partial charge in [0.15, 0.2) is 12.0 Å². The lowest BCUT2D eigenvalue weighted by molar-refractivity contribution is -0.137. The molecule has 0 bridgehead atoms. The number of pyridine rings is 1. The second-order valence-electron chi connectivity index (χ2n) is 3.88. The van der Waals surface area contributed by atoms with E-state index in [9.17, 15) is 22.8 Å². The number of hydrogen-bond acceptors (Lipinski definition) is 4. The molecule has 0 radical (unpaired) electrons. The second-order valence-corrected chi connectivity index (χ2v) is 3.88. The Morgan fingerprint density at radius 2 is 2.15 bits per heavy atom. The van der Waals surface area contributed by atoms with Gasteiger partial charge in [-0.05, 0) is 13.0 Å². The first-order valence-corrected chi connectivity index (χ1v) is 5.59. The number of aldehydes is 1.